The Morgan fingerprint density at radius 3 is 2.59 bits per heavy atom. The molecular weight excluding hydrogens is 340 g/mol. The van der Waals surface area contributed by atoms with Crippen molar-refractivity contribution in [2.45, 2.75) is 50.4 Å². The lowest BCUT2D eigenvalue weighted by Crippen LogP contribution is -2.46. The average Bonchev–Trinajstić information content (AvgIpc) is 3.17. The monoisotopic (exact) mass is 364 g/mol. The molecule has 0 spiro atoms. The van der Waals surface area contributed by atoms with E-state index >= 15 is 0 Å². The first-order chi connectivity index (χ1) is 13.1. The van der Waals surface area contributed by atoms with Gasteiger partial charge in [0.25, 0.3) is 0 Å². The van der Waals surface area contributed by atoms with E-state index in [0.717, 1.165) is 44.1 Å². The van der Waals surface area contributed by atoms with E-state index in [4.69, 9.17) is 0 Å². The standard InChI is InChI=1S/C20H24N6O/c1-14(27)24-20(5-6-20)18-4-3-15(10-23-18)11-25-12-17-9-16(25)13-26(17)19-21-7-2-8-22-19/h2-4,7-8,10,16-17H,5-6,9,11-13H2,1H3,(H,24,27)/t16-,17+/m1/s1. The second kappa shape index (κ2) is 6.27. The van der Waals surface area contributed by atoms with Crippen LogP contribution in [0.2, 0.25) is 0 Å². The van der Waals surface area contributed by atoms with E-state index < -0.39 is 0 Å². The molecule has 2 atom stereocenters. The molecule has 27 heavy (non-hydrogen) atoms. The predicted octanol–water partition coefficient (Wildman–Crippen LogP) is 1.46. The molecule has 5 rings (SSSR count). The van der Waals surface area contributed by atoms with Gasteiger partial charge in [-0.1, -0.05) is 6.07 Å². The number of pyridine rings is 1. The van der Waals surface area contributed by atoms with Crippen LogP contribution in [0.25, 0.3) is 0 Å². The van der Waals surface area contributed by atoms with Crippen molar-refractivity contribution in [2.24, 2.45) is 0 Å². The summed E-state index contributed by atoms with van der Waals surface area (Å²) in [6, 6.07) is 7.15. The highest BCUT2D eigenvalue weighted by atomic mass is 16.1. The second-order valence-electron chi connectivity index (χ2n) is 7.99. The molecule has 140 valence electrons. The number of amides is 1. The minimum atomic E-state index is -0.215. The van der Waals surface area contributed by atoms with E-state index in [1.807, 2.05) is 24.7 Å². The van der Waals surface area contributed by atoms with Gasteiger partial charge in [-0.25, -0.2) is 9.97 Å². The molecule has 7 nitrogen and oxygen atoms in total. The molecule has 2 aliphatic heterocycles. The molecule has 1 aliphatic carbocycles. The van der Waals surface area contributed by atoms with Gasteiger partial charge in [0.2, 0.25) is 11.9 Å². The van der Waals surface area contributed by atoms with Gasteiger partial charge in [-0.2, -0.15) is 0 Å². The van der Waals surface area contributed by atoms with Gasteiger partial charge in [0.15, 0.2) is 0 Å². The molecule has 1 saturated carbocycles. The summed E-state index contributed by atoms with van der Waals surface area (Å²) in [4.78, 5) is 29.8. The van der Waals surface area contributed by atoms with Gasteiger partial charge in [0.05, 0.1) is 11.2 Å². The lowest BCUT2D eigenvalue weighted by atomic mass is 10.1. The number of rotatable bonds is 5. The molecule has 1 amide bonds. The van der Waals surface area contributed by atoms with Crippen molar-refractivity contribution in [2.75, 3.05) is 18.0 Å². The maximum Gasteiger partial charge on any atom is 0.225 e. The van der Waals surface area contributed by atoms with Crippen molar-refractivity contribution in [3.05, 3.63) is 48.0 Å². The van der Waals surface area contributed by atoms with Crippen LogP contribution in [-0.4, -0.2) is 50.9 Å². The highest BCUT2D eigenvalue weighted by Crippen LogP contribution is 2.44. The molecule has 2 aromatic rings. The van der Waals surface area contributed by atoms with Crippen LogP contribution in [0.1, 0.15) is 37.4 Å². The molecule has 7 heteroatoms. The Morgan fingerprint density at radius 2 is 2.00 bits per heavy atom. The zero-order chi connectivity index (χ0) is 18.4. The van der Waals surface area contributed by atoms with E-state index in [1.54, 1.807) is 6.92 Å². The molecule has 3 fully saturated rings. The highest BCUT2D eigenvalue weighted by Gasteiger charge is 2.47. The number of aromatic nitrogens is 3. The fraction of sp³-hybridized carbons (Fsp3) is 0.500. The zero-order valence-electron chi connectivity index (χ0n) is 15.5. The first-order valence-corrected chi connectivity index (χ1v) is 9.65. The lowest BCUT2D eigenvalue weighted by Gasteiger charge is -2.34. The summed E-state index contributed by atoms with van der Waals surface area (Å²) in [6.45, 7) is 4.53. The van der Waals surface area contributed by atoms with Crippen molar-refractivity contribution in [1.82, 2.24) is 25.2 Å². The van der Waals surface area contributed by atoms with Crippen LogP contribution >= 0.6 is 0 Å². The Kier molecular flexibility index (Phi) is 3.86. The number of piperazine rings is 1. The van der Waals surface area contributed by atoms with Crippen LogP contribution in [0.3, 0.4) is 0 Å². The third-order valence-electron chi connectivity index (χ3n) is 6.03. The minimum absolute atomic E-state index is 0.0124. The Morgan fingerprint density at radius 1 is 1.19 bits per heavy atom. The number of likely N-dealkylation sites (tertiary alicyclic amines) is 1. The number of hydrogen-bond acceptors (Lipinski definition) is 6. The van der Waals surface area contributed by atoms with E-state index in [0.29, 0.717) is 12.1 Å². The average molecular weight is 364 g/mol. The minimum Gasteiger partial charge on any atom is -0.345 e. The Balaban J connectivity index is 1.22. The van der Waals surface area contributed by atoms with E-state index in [9.17, 15) is 4.79 Å². The number of hydrogen-bond donors (Lipinski definition) is 1. The molecule has 0 unspecified atom stereocenters. The Labute approximate surface area is 158 Å². The maximum atomic E-state index is 11.4. The van der Waals surface area contributed by atoms with Crippen LogP contribution in [0.15, 0.2) is 36.8 Å². The molecule has 4 heterocycles. The van der Waals surface area contributed by atoms with Gasteiger partial charge in [0.1, 0.15) is 0 Å². The fourth-order valence-corrected chi connectivity index (χ4v) is 4.57. The number of nitrogens with one attached hydrogen (secondary N) is 1. The summed E-state index contributed by atoms with van der Waals surface area (Å²) in [5, 5.41) is 3.05. The predicted molar refractivity (Wildman–Crippen MR) is 101 cm³/mol. The van der Waals surface area contributed by atoms with Gasteiger partial charge < -0.3 is 10.2 Å². The van der Waals surface area contributed by atoms with Crippen molar-refractivity contribution in [3.63, 3.8) is 0 Å². The molecule has 3 aliphatic rings. The zero-order valence-corrected chi connectivity index (χ0v) is 15.5. The van der Waals surface area contributed by atoms with Gasteiger partial charge in [-0.15, -0.1) is 0 Å². The van der Waals surface area contributed by atoms with Gasteiger partial charge in [-0.05, 0) is 37.0 Å². The quantitative estimate of drug-likeness (QED) is 0.866. The third-order valence-corrected chi connectivity index (χ3v) is 6.03. The third kappa shape index (κ3) is 3.06. The van der Waals surface area contributed by atoms with E-state index in [1.165, 1.54) is 12.0 Å². The summed E-state index contributed by atoms with van der Waals surface area (Å²) in [5.41, 5.74) is 2.00. The summed E-state index contributed by atoms with van der Waals surface area (Å²) < 4.78 is 0. The van der Waals surface area contributed by atoms with Gasteiger partial charge in [-0.3, -0.25) is 14.7 Å². The fourth-order valence-electron chi connectivity index (χ4n) is 4.57. The van der Waals surface area contributed by atoms with Crippen LogP contribution in [0.5, 0.6) is 0 Å². The molecule has 2 saturated heterocycles. The number of carbonyl (C=O) groups is 1. The Bertz CT molecular complexity index is 835. The Hall–Kier alpha value is -2.54. The van der Waals surface area contributed by atoms with Gasteiger partial charge in [0, 0.05) is 57.2 Å². The van der Waals surface area contributed by atoms with Crippen molar-refractivity contribution >= 4 is 11.9 Å². The summed E-state index contributed by atoms with van der Waals surface area (Å²) in [6.07, 6.45) is 8.73. The summed E-state index contributed by atoms with van der Waals surface area (Å²) >= 11 is 0. The normalized spacial score (nSPS) is 25.6. The number of anilines is 1. The highest BCUT2D eigenvalue weighted by molar-refractivity contribution is 5.74. The maximum absolute atomic E-state index is 11.4. The van der Waals surface area contributed by atoms with E-state index in [2.05, 4.69) is 42.2 Å². The SMILES string of the molecule is CC(=O)NC1(c2ccc(CN3C[C@@H]4C[C@@H]3CN4c3ncccn3)cn2)CC1. The number of carbonyl (C=O) groups excluding carboxylic acids is 1. The lowest BCUT2D eigenvalue weighted by molar-refractivity contribution is -0.120. The first-order valence-electron chi connectivity index (χ1n) is 9.65. The first kappa shape index (κ1) is 16.6. The smallest absolute Gasteiger partial charge is 0.225 e. The van der Waals surface area contributed by atoms with Crippen molar-refractivity contribution in [1.29, 1.82) is 0 Å². The largest absolute Gasteiger partial charge is 0.345 e. The van der Waals surface area contributed by atoms with Crippen LogP contribution < -0.4 is 10.2 Å². The summed E-state index contributed by atoms with van der Waals surface area (Å²) in [5.74, 6) is 0.863. The molecule has 2 aromatic heterocycles. The van der Waals surface area contributed by atoms with Crippen LogP contribution in [-0.2, 0) is 16.9 Å². The number of fused-ring (bicyclic) bond motifs is 2. The molecule has 0 aromatic carbocycles. The van der Waals surface area contributed by atoms with Crippen LogP contribution in [0.4, 0.5) is 5.95 Å². The molecule has 0 radical (unpaired) electrons. The molecule has 2 bridgehead atoms. The van der Waals surface area contributed by atoms with E-state index in [-0.39, 0.29) is 11.4 Å². The van der Waals surface area contributed by atoms with Crippen molar-refractivity contribution < 1.29 is 4.79 Å². The van der Waals surface area contributed by atoms with Gasteiger partial charge >= 0.3 is 0 Å². The topological polar surface area (TPSA) is 74.2 Å². The summed E-state index contributed by atoms with van der Waals surface area (Å²) in [7, 11) is 0. The molecular formula is C20H24N6O. The van der Waals surface area contributed by atoms with Crippen LogP contribution in [0, 0.1) is 0 Å². The second-order valence-corrected chi connectivity index (χ2v) is 7.99. The number of nitrogens with zero attached hydrogens (tertiary/aromatic N) is 5. The van der Waals surface area contributed by atoms with Crippen molar-refractivity contribution in [3.8, 4) is 0 Å². The molecule has 1 N–H and O–H groups in total.